The van der Waals surface area contributed by atoms with Crippen molar-refractivity contribution >= 4 is 23.0 Å². The van der Waals surface area contributed by atoms with Crippen molar-refractivity contribution in [3.63, 3.8) is 0 Å². The molecule has 1 aromatic carbocycles. The van der Waals surface area contributed by atoms with Crippen LogP contribution in [0.1, 0.15) is 0 Å². The van der Waals surface area contributed by atoms with Gasteiger partial charge in [0.2, 0.25) is 0 Å². The Balaban J connectivity index is 3.43. The zero-order valence-corrected chi connectivity index (χ0v) is 9.11. The molecule has 0 aliphatic rings. The fraction of sp³-hybridized carbons (Fsp3) is 0.333. The molecule has 0 saturated heterocycles. The van der Waals surface area contributed by atoms with Gasteiger partial charge in [0.15, 0.2) is 11.5 Å². The van der Waals surface area contributed by atoms with Crippen LogP contribution < -0.4 is 20.5 Å². The maximum Gasteiger partial charge on any atom is 0.168 e. The lowest BCUT2D eigenvalue weighted by atomic mass is 10.2. The van der Waals surface area contributed by atoms with Gasteiger partial charge >= 0.3 is 0 Å². The number of anilines is 2. The van der Waals surface area contributed by atoms with Crippen LogP contribution in [0, 0.1) is 0 Å². The van der Waals surface area contributed by atoms with E-state index in [0.29, 0.717) is 27.9 Å². The van der Waals surface area contributed by atoms with E-state index >= 15 is 0 Å². The Hall–Kier alpha value is -1.29. The molecular weight excluding hydrogens is 204 g/mol. The number of methoxy groups -OCH3 is 2. The summed E-state index contributed by atoms with van der Waals surface area (Å²) in [6.45, 7) is 0. The van der Waals surface area contributed by atoms with Crippen LogP contribution in [0.15, 0.2) is 6.07 Å². The molecule has 0 aromatic heterocycles. The van der Waals surface area contributed by atoms with Gasteiger partial charge in [-0.05, 0) is 6.07 Å². The summed E-state index contributed by atoms with van der Waals surface area (Å²) in [5.41, 5.74) is 6.85. The van der Waals surface area contributed by atoms with Crippen molar-refractivity contribution in [2.45, 2.75) is 0 Å². The van der Waals surface area contributed by atoms with E-state index in [4.69, 9.17) is 26.8 Å². The number of nitrogens with two attached hydrogens (primary N) is 1. The highest BCUT2D eigenvalue weighted by Crippen LogP contribution is 2.43. The number of ether oxygens (including phenoxy) is 2. The molecule has 0 atom stereocenters. The van der Waals surface area contributed by atoms with Crippen molar-refractivity contribution in [3.05, 3.63) is 11.1 Å². The van der Waals surface area contributed by atoms with Gasteiger partial charge in [-0.3, -0.25) is 0 Å². The summed E-state index contributed by atoms with van der Waals surface area (Å²) < 4.78 is 10.3. The smallest absolute Gasteiger partial charge is 0.168 e. The summed E-state index contributed by atoms with van der Waals surface area (Å²) in [5, 5.41) is 3.39. The Morgan fingerprint density at radius 1 is 1.29 bits per heavy atom. The van der Waals surface area contributed by atoms with Crippen molar-refractivity contribution in [1.29, 1.82) is 0 Å². The van der Waals surface area contributed by atoms with Crippen LogP contribution in [0.25, 0.3) is 0 Å². The minimum Gasteiger partial charge on any atom is -0.493 e. The molecule has 0 radical (unpaired) electrons. The van der Waals surface area contributed by atoms with E-state index in [2.05, 4.69) is 5.32 Å². The third-order valence-electron chi connectivity index (χ3n) is 1.87. The predicted octanol–water partition coefficient (Wildman–Crippen LogP) is 1.98. The summed E-state index contributed by atoms with van der Waals surface area (Å²) >= 11 is 5.94. The van der Waals surface area contributed by atoms with Crippen LogP contribution in [0.3, 0.4) is 0 Å². The second-order valence-corrected chi connectivity index (χ2v) is 3.05. The highest BCUT2D eigenvalue weighted by molar-refractivity contribution is 6.33. The van der Waals surface area contributed by atoms with Gasteiger partial charge in [-0.2, -0.15) is 0 Å². The molecule has 0 amide bonds. The Bertz CT molecular complexity index is 314. The number of nitrogen functional groups attached to an aromatic ring is 1. The molecule has 0 aliphatic heterocycles. The van der Waals surface area contributed by atoms with E-state index < -0.39 is 0 Å². The summed E-state index contributed by atoms with van der Waals surface area (Å²) in [7, 11) is 4.83. The topological polar surface area (TPSA) is 56.5 Å². The molecule has 5 heteroatoms. The van der Waals surface area contributed by atoms with Gasteiger partial charge < -0.3 is 20.5 Å². The van der Waals surface area contributed by atoms with Gasteiger partial charge in [-0.15, -0.1) is 0 Å². The van der Waals surface area contributed by atoms with Crippen LogP contribution in [0.4, 0.5) is 11.4 Å². The minimum absolute atomic E-state index is 0.454. The van der Waals surface area contributed by atoms with Crippen molar-refractivity contribution < 1.29 is 9.47 Å². The van der Waals surface area contributed by atoms with Gasteiger partial charge in [0.25, 0.3) is 0 Å². The van der Waals surface area contributed by atoms with Gasteiger partial charge in [0.05, 0.1) is 24.9 Å². The number of hydrogen-bond acceptors (Lipinski definition) is 4. The first-order valence-electron chi connectivity index (χ1n) is 4.03. The number of rotatable bonds is 3. The summed E-state index contributed by atoms with van der Waals surface area (Å²) in [4.78, 5) is 0. The lowest BCUT2D eigenvalue weighted by Crippen LogP contribution is -2.01. The molecule has 1 rings (SSSR count). The molecule has 0 heterocycles. The van der Waals surface area contributed by atoms with Crippen LogP contribution >= 0.6 is 11.6 Å². The first kappa shape index (κ1) is 10.8. The van der Waals surface area contributed by atoms with E-state index in [1.54, 1.807) is 20.2 Å². The zero-order chi connectivity index (χ0) is 10.7. The first-order valence-corrected chi connectivity index (χ1v) is 4.41. The van der Waals surface area contributed by atoms with Crippen LogP contribution in [-0.4, -0.2) is 21.3 Å². The fourth-order valence-electron chi connectivity index (χ4n) is 1.28. The van der Waals surface area contributed by atoms with Crippen molar-refractivity contribution in [3.8, 4) is 11.5 Å². The third-order valence-corrected chi connectivity index (χ3v) is 2.15. The standard InChI is InChI=1S/C9H13ClN2O2/c1-12-7-8(13-2)5(10)4-6(11)9(7)14-3/h4,12H,11H2,1-3H3. The molecule has 0 unspecified atom stereocenters. The minimum atomic E-state index is 0.454. The highest BCUT2D eigenvalue weighted by atomic mass is 35.5. The molecule has 0 saturated carbocycles. The molecule has 0 aliphatic carbocycles. The Kier molecular flexibility index (Phi) is 3.30. The Labute approximate surface area is 87.9 Å². The van der Waals surface area contributed by atoms with Gasteiger partial charge in [0.1, 0.15) is 5.69 Å². The third kappa shape index (κ3) is 1.65. The number of halogens is 1. The summed E-state index contributed by atoms with van der Waals surface area (Å²) in [5.74, 6) is 1.06. The monoisotopic (exact) mass is 216 g/mol. The Morgan fingerprint density at radius 2 is 1.86 bits per heavy atom. The molecule has 1 aromatic rings. The van der Waals surface area contributed by atoms with Gasteiger partial charge in [0, 0.05) is 7.05 Å². The molecule has 4 nitrogen and oxygen atoms in total. The Morgan fingerprint density at radius 3 is 2.29 bits per heavy atom. The number of hydrogen-bond donors (Lipinski definition) is 2. The molecular formula is C9H13ClN2O2. The van der Waals surface area contributed by atoms with E-state index in [9.17, 15) is 0 Å². The second kappa shape index (κ2) is 4.28. The average molecular weight is 217 g/mol. The maximum absolute atomic E-state index is 5.94. The lowest BCUT2D eigenvalue weighted by molar-refractivity contribution is 0.399. The van der Waals surface area contributed by atoms with Crippen molar-refractivity contribution in [2.75, 3.05) is 32.3 Å². The van der Waals surface area contributed by atoms with Crippen LogP contribution in [0.2, 0.25) is 5.02 Å². The summed E-state index contributed by atoms with van der Waals surface area (Å²) in [6.07, 6.45) is 0. The average Bonchev–Trinajstić information content (AvgIpc) is 2.16. The molecule has 3 N–H and O–H groups in total. The lowest BCUT2D eigenvalue weighted by Gasteiger charge is -2.15. The van der Waals surface area contributed by atoms with Crippen LogP contribution in [0.5, 0.6) is 11.5 Å². The normalized spacial score (nSPS) is 9.71. The largest absolute Gasteiger partial charge is 0.493 e. The van der Waals surface area contributed by atoms with E-state index in [0.717, 1.165) is 0 Å². The molecule has 0 bridgehead atoms. The molecule has 14 heavy (non-hydrogen) atoms. The van der Waals surface area contributed by atoms with Crippen molar-refractivity contribution in [1.82, 2.24) is 0 Å². The predicted molar refractivity (Wildman–Crippen MR) is 58.5 cm³/mol. The summed E-state index contributed by atoms with van der Waals surface area (Å²) in [6, 6.07) is 1.60. The van der Waals surface area contributed by atoms with Gasteiger partial charge in [-0.25, -0.2) is 0 Å². The zero-order valence-electron chi connectivity index (χ0n) is 8.35. The van der Waals surface area contributed by atoms with Gasteiger partial charge in [-0.1, -0.05) is 11.6 Å². The maximum atomic E-state index is 5.94. The quantitative estimate of drug-likeness (QED) is 0.759. The number of nitrogens with one attached hydrogen (secondary N) is 1. The second-order valence-electron chi connectivity index (χ2n) is 2.64. The van der Waals surface area contributed by atoms with E-state index in [1.807, 2.05) is 0 Å². The number of benzene rings is 1. The van der Waals surface area contributed by atoms with E-state index in [-0.39, 0.29) is 0 Å². The van der Waals surface area contributed by atoms with Crippen molar-refractivity contribution in [2.24, 2.45) is 0 Å². The molecule has 0 fully saturated rings. The molecule has 78 valence electrons. The highest BCUT2D eigenvalue weighted by Gasteiger charge is 2.15. The SMILES string of the molecule is CNc1c(OC)c(N)cc(Cl)c1OC. The first-order chi connectivity index (χ1) is 6.65. The fourth-order valence-corrected chi connectivity index (χ4v) is 1.57. The van der Waals surface area contributed by atoms with E-state index in [1.165, 1.54) is 7.11 Å². The molecule has 0 spiro atoms. The van der Waals surface area contributed by atoms with Crippen LogP contribution in [-0.2, 0) is 0 Å².